The van der Waals surface area contributed by atoms with E-state index in [1.165, 1.54) is 10.4 Å². The zero-order chi connectivity index (χ0) is 25.9. The number of carbonyl (C=O) groups excluding carboxylic acids is 1. The van der Waals surface area contributed by atoms with E-state index in [9.17, 15) is 4.79 Å². The maximum atomic E-state index is 13.1. The summed E-state index contributed by atoms with van der Waals surface area (Å²) in [4.78, 5) is 26.8. The van der Waals surface area contributed by atoms with E-state index in [0.29, 0.717) is 23.9 Å². The number of piperidine rings is 1. The molecule has 2 aliphatic rings. The Hall–Kier alpha value is -3.45. The molecule has 0 saturated carbocycles. The lowest BCUT2D eigenvalue weighted by Gasteiger charge is -2.33. The fourth-order valence-electron chi connectivity index (χ4n) is 5.77. The predicted molar refractivity (Wildman–Crippen MR) is 155 cm³/mol. The smallest absolute Gasteiger partial charge is 0.341 e. The van der Waals surface area contributed by atoms with Gasteiger partial charge in [0, 0.05) is 18.0 Å². The van der Waals surface area contributed by atoms with Crippen molar-refractivity contribution in [3.63, 3.8) is 0 Å². The third-order valence-electron chi connectivity index (χ3n) is 7.72. The molecule has 0 bridgehead atoms. The summed E-state index contributed by atoms with van der Waals surface area (Å²) in [5.74, 6) is 2.00. The number of esters is 1. The number of aryl methyl sites for hydroxylation is 1. The molecular formula is C31H34N4O2S. The molecule has 0 radical (unpaired) electrons. The molecule has 38 heavy (non-hydrogen) atoms. The van der Waals surface area contributed by atoms with Gasteiger partial charge in [-0.05, 0) is 81.0 Å². The van der Waals surface area contributed by atoms with Crippen LogP contribution in [0, 0.1) is 5.92 Å². The van der Waals surface area contributed by atoms with Gasteiger partial charge in [-0.3, -0.25) is 0 Å². The Bertz CT molecular complexity index is 1430. The van der Waals surface area contributed by atoms with Crippen LogP contribution in [0.5, 0.6) is 0 Å². The van der Waals surface area contributed by atoms with Crippen molar-refractivity contribution in [2.45, 2.75) is 51.9 Å². The zero-order valence-electron chi connectivity index (χ0n) is 21.9. The lowest BCUT2D eigenvalue weighted by molar-refractivity contribution is 0.0526. The van der Waals surface area contributed by atoms with Crippen LogP contribution in [0.15, 0.2) is 54.6 Å². The van der Waals surface area contributed by atoms with Gasteiger partial charge in [0.1, 0.15) is 5.00 Å². The molecule has 0 atom stereocenters. The SMILES string of the molecule is CCOC(=O)c1c(Nc2nc3ccccc3nc2N2CCC(Cc3ccccc3)CC2)sc2c1CCCC2. The summed E-state index contributed by atoms with van der Waals surface area (Å²) < 4.78 is 5.49. The van der Waals surface area contributed by atoms with Crippen molar-refractivity contribution in [3.8, 4) is 0 Å². The third-order valence-corrected chi connectivity index (χ3v) is 8.92. The highest BCUT2D eigenvalue weighted by Crippen LogP contribution is 2.41. The van der Waals surface area contributed by atoms with Crippen LogP contribution in [0.2, 0.25) is 0 Å². The Balaban J connectivity index is 1.31. The summed E-state index contributed by atoms with van der Waals surface area (Å²) >= 11 is 1.68. The number of nitrogens with one attached hydrogen (secondary N) is 1. The molecule has 196 valence electrons. The molecule has 4 aromatic rings. The first-order valence-electron chi connectivity index (χ1n) is 13.8. The van der Waals surface area contributed by atoms with Crippen molar-refractivity contribution in [2.75, 3.05) is 29.9 Å². The van der Waals surface area contributed by atoms with Gasteiger partial charge in [-0.15, -0.1) is 11.3 Å². The van der Waals surface area contributed by atoms with E-state index in [1.54, 1.807) is 11.3 Å². The normalized spacial score (nSPS) is 15.9. The number of nitrogens with zero attached hydrogens (tertiary/aromatic N) is 3. The topological polar surface area (TPSA) is 67.3 Å². The van der Waals surface area contributed by atoms with Crippen molar-refractivity contribution in [2.24, 2.45) is 5.92 Å². The molecule has 1 N–H and O–H groups in total. The van der Waals surface area contributed by atoms with Crippen LogP contribution in [-0.4, -0.2) is 35.6 Å². The minimum Gasteiger partial charge on any atom is -0.462 e. The number of benzene rings is 2. The van der Waals surface area contributed by atoms with Crippen LogP contribution >= 0.6 is 11.3 Å². The molecule has 7 heteroatoms. The molecular weight excluding hydrogens is 492 g/mol. The van der Waals surface area contributed by atoms with Gasteiger partial charge in [-0.25, -0.2) is 14.8 Å². The minimum atomic E-state index is -0.244. The van der Waals surface area contributed by atoms with E-state index in [-0.39, 0.29) is 5.97 Å². The van der Waals surface area contributed by atoms with Gasteiger partial charge in [-0.2, -0.15) is 0 Å². The van der Waals surface area contributed by atoms with Crippen LogP contribution in [0.1, 0.15) is 59.0 Å². The molecule has 0 spiro atoms. The van der Waals surface area contributed by atoms with Crippen LogP contribution in [0.25, 0.3) is 11.0 Å². The van der Waals surface area contributed by atoms with E-state index in [2.05, 4.69) is 40.5 Å². The average Bonchev–Trinajstić information content (AvgIpc) is 3.32. The van der Waals surface area contributed by atoms with Gasteiger partial charge in [0.05, 0.1) is 23.2 Å². The zero-order valence-corrected chi connectivity index (χ0v) is 22.7. The first-order valence-corrected chi connectivity index (χ1v) is 14.7. The molecule has 6 rings (SSSR count). The maximum absolute atomic E-state index is 13.1. The van der Waals surface area contributed by atoms with Crippen molar-refractivity contribution in [1.82, 2.24) is 9.97 Å². The van der Waals surface area contributed by atoms with Crippen molar-refractivity contribution in [1.29, 1.82) is 0 Å². The minimum absolute atomic E-state index is 0.244. The Morgan fingerprint density at radius 3 is 2.47 bits per heavy atom. The van der Waals surface area contributed by atoms with E-state index >= 15 is 0 Å². The van der Waals surface area contributed by atoms with Crippen molar-refractivity contribution >= 4 is 45.0 Å². The summed E-state index contributed by atoms with van der Waals surface area (Å²) in [6, 6.07) is 18.8. The van der Waals surface area contributed by atoms with E-state index in [1.807, 2.05) is 31.2 Å². The first kappa shape index (κ1) is 24.9. The molecule has 0 unspecified atom stereocenters. The van der Waals surface area contributed by atoms with Crippen LogP contribution in [0.3, 0.4) is 0 Å². The molecule has 3 heterocycles. The Kier molecular flexibility index (Phi) is 7.27. The molecule has 6 nitrogen and oxygen atoms in total. The highest BCUT2D eigenvalue weighted by atomic mass is 32.1. The van der Waals surface area contributed by atoms with E-state index in [4.69, 9.17) is 14.7 Å². The number of thiophene rings is 1. The number of aromatic nitrogens is 2. The summed E-state index contributed by atoms with van der Waals surface area (Å²) in [6.07, 6.45) is 7.55. The summed E-state index contributed by atoms with van der Waals surface area (Å²) in [7, 11) is 0. The molecule has 1 fully saturated rings. The standard InChI is InChI=1S/C31H34N4O2S/c1-2-37-31(36)27-23-12-6-9-15-26(23)38-30(27)34-28-29(33-25-14-8-7-13-24(25)32-28)35-18-16-22(17-19-35)20-21-10-4-3-5-11-21/h3-5,7-8,10-11,13-14,22H,2,6,9,12,15-20H2,1H3,(H,32,34). The van der Waals surface area contributed by atoms with Gasteiger partial charge in [0.25, 0.3) is 0 Å². The number of anilines is 3. The molecule has 2 aromatic carbocycles. The average molecular weight is 527 g/mol. The van der Waals surface area contributed by atoms with Crippen molar-refractivity contribution in [3.05, 3.63) is 76.2 Å². The monoisotopic (exact) mass is 526 g/mol. The van der Waals surface area contributed by atoms with Crippen molar-refractivity contribution < 1.29 is 9.53 Å². The van der Waals surface area contributed by atoms with Crippen LogP contribution < -0.4 is 10.2 Å². The number of hydrogen-bond acceptors (Lipinski definition) is 7. The molecule has 2 aromatic heterocycles. The second-order valence-electron chi connectivity index (χ2n) is 10.3. The maximum Gasteiger partial charge on any atom is 0.341 e. The Labute approximate surface area is 228 Å². The predicted octanol–water partition coefficient (Wildman–Crippen LogP) is 6.95. The molecule has 0 amide bonds. The number of fused-ring (bicyclic) bond motifs is 2. The summed E-state index contributed by atoms with van der Waals surface area (Å²) in [5.41, 5.74) is 4.98. The Morgan fingerprint density at radius 2 is 1.71 bits per heavy atom. The lowest BCUT2D eigenvalue weighted by Crippen LogP contribution is -2.35. The highest BCUT2D eigenvalue weighted by Gasteiger charge is 2.29. The largest absolute Gasteiger partial charge is 0.462 e. The second-order valence-corrected chi connectivity index (χ2v) is 11.4. The number of hydrogen-bond donors (Lipinski definition) is 1. The fourth-order valence-corrected chi connectivity index (χ4v) is 7.05. The van der Waals surface area contributed by atoms with Gasteiger partial charge < -0.3 is 15.0 Å². The molecule has 1 saturated heterocycles. The van der Waals surface area contributed by atoms with Gasteiger partial charge in [0.15, 0.2) is 11.6 Å². The van der Waals surface area contributed by atoms with Crippen LogP contribution in [0.4, 0.5) is 16.6 Å². The van der Waals surface area contributed by atoms with Gasteiger partial charge >= 0.3 is 5.97 Å². The molecule has 1 aliphatic carbocycles. The van der Waals surface area contributed by atoms with Gasteiger partial charge in [-0.1, -0.05) is 42.5 Å². The Morgan fingerprint density at radius 1 is 1.00 bits per heavy atom. The number of para-hydroxylation sites is 2. The fraction of sp³-hybridized carbons (Fsp3) is 0.387. The lowest BCUT2D eigenvalue weighted by atomic mass is 9.90. The van der Waals surface area contributed by atoms with E-state index < -0.39 is 0 Å². The molecule has 1 aliphatic heterocycles. The quantitative estimate of drug-likeness (QED) is 0.263. The number of carbonyl (C=O) groups is 1. The first-order chi connectivity index (χ1) is 18.7. The summed E-state index contributed by atoms with van der Waals surface area (Å²) in [6.45, 7) is 4.09. The summed E-state index contributed by atoms with van der Waals surface area (Å²) in [5, 5.41) is 4.41. The van der Waals surface area contributed by atoms with Gasteiger partial charge in [0.2, 0.25) is 0 Å². The number of ether oxygens (including phenoxy) is 1. The van der Waals surface area contributed by atoms with E-state index in [0.717, 1.165) is 85.5 Å². The second kappa shape index (κ2) is 11.1. The van der Waals surface area contributed by atoms with Crippen LogP contribution in [-0.2, 0) is 24.0 Å². The number of rotatable bonds is 7. The third kappa shape index (κ3) is 5.12. The highest BCUT2D eigenvalue weighted by molar-refractivity contribution is 7.16.